The highest BCUT2D eigenvalue weighted by Gasteiger charge is 2.18. The van der Waals surface area contributed by atoms with Crippen LogP contribution in [0, 0.1) is 24.0 Å². The minimum absolute atomic E-state index is 0. The van der Waals surface area contributed by atoms with Gasteiger partial charge in [0.1, 0.15) is 5.69 Å². The number of nitro benzene ring substituents is 1. The van der Waals surface area contributed by atoms with Gasteiger partial charge in [0.15, 0.2) is 0 Å². The number of nitro groups is 1. The van der Waals surface area contributed by atoms with Crippen LogP contribution in [-0.2, 0) is 6.54 Å². The molecule has 3 aromatic carbocycles. The van der Waals surface area contributed by atoms with Crippen LogP contribution < -0.4 is 10.6 Å². The van der Waals surface area contributed by atoms with Gasteiger partial charge in [-0.3, -0.25) is 14.9 Å². The van der Waals surface area contributed by atoms with Gasteiger partial charge in [-0.15, -0.1) is 12.4 Å². The van der Waals surface area contributed by atoms with E-state index < -0.39 is 4.92 Å². The van der Waals surface area contributed by atoms with Crippen molar-refractivity contribution in [3.63, 3.8) is 0 Å². The number of amides is 1. The molecule has 3 rings (SSSR count). The Balaban J connectivity index is 0.00000408. The Hall–Kier alpha value is -3.42. The fraction of sp³-hybridized carbons (Fsp3) is 0.269. The maximum absolute atomic E-state index is 12.7. The molecule has 0 aliphatic rings. The third-order valence-corrected chi connectivity index (χ3v) is 5.43. The summed E-state index contributed by atoms with van der Waals surface area (Å²) >= 11 is 0. The van der Waals surface area contributed by atoms with Gasteiger partial charge in [0, 0.05) is 30.4 Å². The Morgan fingerprint density at radius 3 is 2.44 bits per heavy atom. The molecule has 2 N–H and O–H groups in total. The first-order valence-electron chi connectivity index (χ1n) is 11.0. The number of carbonyl (C=O) groups excluding carboxylic acids is 1. The number of carbonyl (C=O) groups is 1. The van der Waals surface area contributed by atoms with Gasteiger partial charge < -0.3 is 15.5 Å². The summed E-state index contributed by atoms with van der Waals surface area (Å²) in [5.74, 6) is -0.374. The Bertz CT molecular complexity index is 1120. The molecule has 0 aromatic heterocycles. The van der Waals surface area contributed by atoms with Crippen molar-refractivity contribution in [1.29, 1.82) is 0 Å². The molecule has 0 heterocycles. The molecule has 0 saturated carbocycles. The molecule has 3 aromatic rings. The van der Waals surface area contributed by atoms with Crippen molar-refractivity contribution in [3.8, 4) is 0 Å². The second-order valence-corrected chi connectivity index (χ2v) is 8.27. The van der Waals surface area contributed by atoms with Crippen molar-refractivity contribution in [1.82, 2.24) is 4.90 Å². The van der Waals surface area contributed by atoms with Crippen LogP contribution in [0.15, 0.2) is 66.7 Å². The van der Waals surface area contributed by atoms with E-state index in [9.17, 15) is 14.9 Å². The maximum Gasteiger partial charge on any atom is 0.293 e. The first-order valence-corrected chi connectivity index (χ1v) is 11.0. The van der Waals surface area contributed by atoms with Crippen LogP contribution in [0.5, 0.6) is 0 Å². The SMILES string of the molecule is Cc1ccc(C)c(NC(=O)c2ccc(NCCCN(C)Cc3ccccc3)c([N+](=O)[O-])c2)c1.Cl. The maximum atomic E-state index is 12.7. The van der Waals surface area contributed by atoms with Crippen LogP contribution in [0.25, 0.3) is 0 Å². The lowest BCUT2D eigenvalue weighted by Crippen LogP contribution is -2.21. The standard InChI is InChI=1S/C26H30N4O3.ClH/c1-19-10-11-20(2)24(16-19)28-26(31)22-12-13-23(25(17-22)30(32)33)27-14-7-15-29(3)18-21-8-5-4-6-9-21;/h4-6,8-13,16-17,27H,7,14-15,18H2,1-3H3,(H,28,31);1H. The van der Waals surface area contributed by atoms with Gasteiger partial charge in [-0.25, -0.2) is 0 Å². The second-order valence-electron chi connectivity index (χ2n) is 8.27. The van der Waals surface area contributed by atoms with Gasteiger partial charge in [0.2, 0.25) is 0 Å². The molecule has 0 fully saturated rings. The number of halogens is 1. The molecular formula is C26H31ClN4O3. The van der Waals surface area contributed by atoms with E-state index in [1.807, 2.05) is 50.2 Å². The van der Waals surface area contributed by atoms with Crippen molar-refractivity contribution >= 4 is 35.4 Å². The van der Waals surface area contributed by atoms with E-state index in [0.717, 1.165) is 30.6 Å². The van der Waals surface area contributed by atoms with Crippen molar-refractivity contribution in [3.05, 3.63) is 99.1 Å². The second kappa shape index (κ2) is 12.7. The van der Waals surface area contributed by atoms with E-state index in [-0.39, 0.29) is 29.6 Å². The van der Waals surface area contributed by atoms with Crippen molar-refractivity contribution in [2.45, 2.75) is 26.8 Å². The normalized spacial score (nSPS) is 10.5. The minimum atomic E-state index is -0.460. The smallest absolute Gasteiger partial charge is 0.293 e. The molecule has 0 spiro atoms. The fourth-order valence-corrected chi connectivity index (χ4v) is 3.58. The summed E-state index contributed by atoms with van der Waals surface area (Å²) in [7, 11) is 2.05. The average molecular weight is 483 g/mol. The molecule has 0 aliphatic carbocycles. The molecule has 1 amide bonds. The predicted octanol–water partition coefficient (Wildman–Crippen LogP) is 5.82. The highest BCUT2D eigenvalue weighted by molar-refractivity contribution is 6.05. The van der Waals surface area contributed by atoms with Crippen LogP contribution >= 0.6 is 12.4 Å². The van der Waals surface area contributed by atoms with Gasteiger partial charge in [0.05, 0.1) is 4.92 Å². The first-order chi connectivity index (χ1) is 15.8. The summed E-state index contributed by atoms with van der Waals surface area (Å²) in [5.41, 5.74) is 4.45. The Morgan fingerprint density at radius 2 is 1.74 bits per heavy atom. The van der Waals surface area contributed by atoms with Crippen molar-refractivity contribution < 1.29 is 9.72 Å². The Morgan fingerprint density at radius 1 is 1.00 bits per heavy atom. The fourth-order valence-electron chi connectivity index (χ4n) is 3.58. The lowest BCUT2D eigenvalue weighted by Gasteiger charge is -2.17. The zero-order chi connectivity index (χ0) is 23.8. The summed E-state index contributed by atoms with van der Waals surface area (Å²) in [6.07, 6.45) is 0.829. The lowest BCUT2D eigenvalue weighted by molar-refractivity contribution is -0.384. The number of hydrogen-bond donors (Lipinski definition) is 2. The molecule has 0 unspecified atom stereocenters. The molecule has 0 radical (unpaired) electrons. The van der Waals surface area contributed by atoms with Gasteiger partial charge >= 0.3 is 0 Å². The van der Waals surface area contributed by atoms with Gasteiger partial charge in [0.25, 0.3) is 11.6 Å². The van der Waals surface area contributed by atoms with Crippen LogP contribution in [0.3, 0.4) is 0 Å². The monoisotopic (exact) mass is 482 g/mol. The molecule has 0 saturated heterocycles. The van der Waals surface area contributed by atoms with E-state index in [1.54, 1.807) is 12.1 Å². The first kappa shape index (κ1) is 26.8. The van der Waals surface area contributed by atoms with E-state index in [0.29, 0.717) is 17.9 Å². The zero-order valence-electron chi connectivity index (χ0n) is 19.7. The third kappa shape index (κ3) is 7.57. The van der Waals surface area contributed by atoms with E-state index in [1.165, 1.54) is 11.6 Å². The summed E-state index contributed by atoms with van der Waals surface area (Å²) < 4.78 is 0. The molecular weight excluding hydrogens is 452 g/mol. The van der Waals surface area contributed by atoms with Gasteiger partial charge in [-0.1, -0.05) is 42.5 Å². The zero-order valence-corrected chi connectivity index (χ0v) is 20.5. The van der Waals surface area contributed by atoms with Crippen molar-refractivity contribution in [2.24, 2.45) is 0 Å². The van der Waals surface area contributed by atoms with Crippen LogP contribution in [0.2, 0.25) is 0 Å². The number of nitrogens with one attached hydrogen (secondary N) is 2. The number of hydrogen-bond acceptors (Lipinski definition) is 5. The van der Waals surface area contributed by atoms with E-state index in [2.05, 4.69) is 34.7 Å². The number of benzene rings is 3. The minimum Gasteiger partial charge on any atom is -0.379 e. The summed E-state index contributed by atoms with van der Waals surface area (Å²) in [6.45, 7) is 6.15. The molecule has 8 heteroatoms. The largest absolute Gasteiger partial charge is 0.379 e. The van der Waals surface area contributed by atoms with E-state index in [4.69, 9.17) is 0 Å². The molecule has 0 bridgehead atoms. The molecule has 0 atom stereocenters. The summed E-state index contributed by atoms with van der Waals surface area (Å²) in [5, 5.41) is 17.6. The lowest BCUT2D eigenvalue weighted by atomic mass is 10.1. The van der Waals surface area contributed by atoms with Crippen LogP contribution in [-0.4, -0.2) is 35.9 Å². The molecule has 0 aliphatic heterocycles. The quantitative estimate of drug-likeness (QED) is 0.216. The van der Waals surface area contributed by atoms with E-state index >= 15 is 0 Å². The Labute approximate surface area is 206 Å². The van der Waals surface area contributed by atoms with Gasteiger partial charge in [-0.2, -0.15) is 0 Å². The number of nitrogens with zero attached hydrogens (tertiary/aromatic N) is 2. The van der Waals surface area contributed by atoms with Crippen LogP contribution in [0.1, 0.15) is 33.5 Å². The topological polar surface area (TPSA) is 87.5 Å². The highest BCUT2D eigenvalue weighted by Crippen LogP contribution is 2.26. The van der Waals surface area contributed by atoms with Gasteiger partial charge in [-0.05, 0) is 68.8 Å². The number of aryl methyl sites for hydroxylation is 2. The molecule has 34 heavy (non-hydrogen) atoms. The van der Waals surface area contributed by atoms with Crippen molar-refractivity contribution in [2.75, 3.05) is 30.8 Å². The molecule has 180 valence electrons. The third-order valence-electron chi connectivity index (χ3n) is 5.43. The summed E-state index contributed by atoms with van der Waals surface area (Å²) in [4.78, 5) is 26.1. The average Bonchev–Trinajstić information content (AvgIpc) is 2.79. The Kier molecular flexibility index (Phi) is 10.0. The predicted molar refractivity (Wildman–Crippen MR) is 140 cm³/mol. The summed E-state index contributed by atoms with van der Waals surface area (Å²) in [6, 6.07) is 20.5. The number of rotatable bonds is 10. The van der Waals surface area contributed by atoms with Crippen LogP contribution in [0.4, 0.5) is 17.1 Å². The highest BCUT2D eigenvalue weighted by atomic mass is 35.5. The number of anilines is 2. The molecule has 7 nitrogen and oxygen atoms in total.